The summed E-state index contributed by atoms with van der Waals surface area (Å²) in [6.45, 7) is 0. The molecule has 6 heteroatoms. The lowest BCUT2D eigenvalue weighted by molar-refractivity contribution is 0.472. The number of nitrogens with one attached hydrogen (secondary N) is 1. The van der Waals surface area contributed by atoms with Crippen LogP contribution in [0.2, 0.25) is 0 Å². The Morgan fingerprint density at radius 3 is 3.15 bits per heavy atom. The Kier molecular flexibility index (Phi) is 3.15. The zero-order valence-electron chi connectivity index (χ0n) is 6.64. The molecule has 0 aliphatic rings. The summed E-state index contributed by atoms with van der Waals surface area (Å²) in [5, 5.41) is 13.0. The average molecular weight is 196 g/mol. The summed E-state index contributed by atoms with van der Waals surface area (Å²) in [7, 11) is 0. The first-order valence-corrected chi connectivity index (χ1v) is 3.82. The van der Waals surface area contributed by atoms with Gasteiger partial charge in [-0.15, -0.1) is 0 Å². The molecule has 13 heavy (non-hydrogen) atoms. The third kappa shape index (κ3) is 3.04. The molecule has 0 fully saturated rings. The van der Waals surface area contributed by atoms with Crippen LogP contribution in [0.3, 0.4) is 0 Å². The smallest absolute Gasteiger partial charge is 0.184 e. The predicted octanol–water partition coefficient (Wildman–Crippen LogP) is -0.0457. The number of pyridine rings is 1. The highest BCUT2D eigenvalue weighted by Crippen LogP contribution is 2.10. The summed E-state index contributed by atoms with van der Waals surface area (Å²) in [5.74, 6) is 0.0518. The molecule has 0 aromatic carbocycles. The molecule has 0 amide bonds. The summed E-state index contributed by atoms with van der Waals surface area (Å²) in [6, 6.07) is 1.61. The van der Waals surface area contributed by atoms with Gasteiger partial charge in [-0.25, -0.2) is 0 Å². The molecule has 1 aromatic heterocycles. The van der Waals surface area contributed by atoms with Gasteiger partial charge < -0.3 is 10.8 Å². The molecular formula is C7H8N4OS. The van der Waals surface area contributed by atoms with Gasteiger partial charge in [-0.2, -0.15) is 5.10 Å². The third-order valence-electron chi connectivity index (χ3n) is 1.21. The van der Waals surface area contributed by atoms with Crippen molar-refractivity contribution < 1.29 is 5.11 Å². The molecule has 0 bridgehead atoms. The lowest BCUT2D eigenvalue weighted by atomic mass is 10.3. The molecule has 0 unspecified atom stereocenters. The first-order valence-electron chi connectivity index (χ1n) is 3.41. The first kappa shape index (κ1) is 9.40. The molecule has 0 saturated carbocycles. The molecule has 1 rings (SSSR count). The predicted molar refractivity (Wildman–Crippen MR) is 53.4 cm³/mol. The van der Waals surface area contributed by atoms with Crippen LogP contribution in [0.1, 0.15) is 5.56 Å². The van der Waals surface area contributed by atoms with E-state index in [0.29, 0.717) is 5.56 Å². The van der Waals surface area contributed by atoms with Crippen LogP contribution in [-0.4, -0.2) is 21.4 Å². The van der Waals surface area contributed by atoms with E-state index in [4.69, 9.17) is 5.73 Å². The van der Waals surface area contributed by atoms with Crippen LogP contribution in [0.25, 0.3) is 0 Å². The number of hydrogen-bond donors (Lipinski definition) is 3. The molecule has 68 valence electrons. The molecule has 1 aromatic rings. The number of rotatable bonds is 2. The van der Waals surface area contributed by atoms with Crippen molar-refractivity contribution in [1.82, 2.24) is 10.4 Å². The largest absolute Gasteiger partial charge is 0.506 e. The Balaban J connectivity index is 2.68. The Bertz CT molecular complexity index is 339. The standard InChI is InChI=1S/C7H8N4OS/c8-7(13)11-10-3-5-1-2-9-4-6(5)12/h1-4,12H,(H3,8,11,13). The van der Waals surface area contributed by atoms with E-state index in [1.807, 2.05) is 0 Å². The normalized spacial score (nSPS) is 10.2. The maximum atomic E-state index is 9.23. The monoisotopic (exact) mass is 196 g/mol. The number of aromatic hydroxyl groups is 1. The van der Waals surface area contributed by atoms with Gasteiger partial charge in [-0.3, -0.25) is 10.4 Å². The van der Waals surface area contributed by atoms with Gasteiger partial charge >= 0.3 is 0 Å². The van der Waals surface area contributed by atoms with Gasteiger partial charge in [0.05, 0.1) is 12.4 Å². The van der Waals surface area contributed by atoms with Crippen LogP contribution in [0.15, 0.2) is 23.6 Å². The van der Waals surface area contributed by atoms with E-state index in [0.717, 1.165) is 0 Å². The molecule has 0 aliphatic heterocycles. The van der Waals surface area contributed by atoms with Crippen molar-refractivity contribution in [2.24, 2.45) is 10.8 Å². The summed E-state index contributed by atoms with van der Waals surface area (Å²) >= 11 is 4.52. The van der Waals surface area contributed by atoms with Crippen LogP contribution in [0.5, 0.6) is 5.75 Å². The van der Waals surface area contributed by atoms with Crippen molar-refractivity contribution in [2.75, 3.05) is 0 Å². The third-order valence-corrected chi connectivity index (χ3v) is 1.30. The summed E-state index contributed by atoms with van der Waals surface area (Å²) in [5.41, 5.74) is 8.04. The van der Waals surface area contributed by atoms with Crippen molar-refractivity contribution in [3.8, 4) is 5.75 Å². The molecule has 1 heterocycles. The van der Waals surface area contributed by atoms with Crippen LogP contribution in [0, 0.1) is 0 Å². The van der Waals surface area contributed by atoms with E-state index in [1.165, 1.54) is 12.4 Å². The highest BCUT2D eigenvalue weighted by molar-refractivity contribution is 7.80. The highest BCUT2D eigenvalue weighted by atomic mass is 32.1. The molecular weight excluding hydrogens is 188 g/mol. The van der Waals surface area contributed by atoms with E-state index in [1.54, 1.807) is 12.3 Å². The van der Waals surface area contributed by atoms with Crippen LogP contribution in [-0.2, 0) is 0 Å². The Labute approximate surface area is 80.3 Å². The molecule has 4 N–H and O–H groups in total. The van der Waals surface area contributed by atoms with E-state index in [2.05, 4.69) is 27.7 Å². The fraction of sp³-hybridized carbons (Fsp3) is 0. The summed E-state index contributed by atoms with van der Waals surface area (Å²) in [4.78, 5) is 3.71. The molecule has 0 saturated heterocycles. The highest BCUT2D eigenvalue weighted by Gasteiger charge is 1.94. The van der Waals surface area contributed by atoms with Gasteiger partial charge in [0.1, 0.15) is 5.75 Å². The van der Waals surface area contributed by atoms with E-state index in [-0.39, 0.29) is 10.9 Å². The second kappa shape index (κ2) is 4.36. The van der Waals surface area contributed by atoms with Crippen molar-refractivity contribution in [3.05, 3.63) is 24.0 Å². The minimum absolute atomic E-state index is 0.0518. The first-order chi connectivity index (χ1) is 6.20. The van der Waals surface area contributed by atoms with Crippen molar-refractivity contribution in [3.63, 3.8) is 0 Å². The van der Waals surface area contributed by atoms with Gasteiger partial charge in [-0.05, 0) is 18.3 Å². The van der Waals surface area contributed by atoms with Gasteiger partial charge in [0.2, 0.25) is 0 Å². The van der Waals surface area contributed by atoms with Crippen molar-refractivity contribution in [2.45, 2.75) is 0 Å². The van der Waals surface area contributed by atoms with Crippen LogP contribution >= 0.6 is 12.2 Å². The summed E-state index contributed by atoms with van der Waals surface area (Å²) < 4.78 is 0. The molecule has 5 nitrogen and oxygen atoms in total. The Morgan fingerprint density at radius 2 is 2.54 bits per heavy atom. The topological polar surface area (TPSA) is 83.5 Å². The fourth-order valence-electron chi connectivity index (χ4n) is 0.671. The molecule has 0 atom stereocenters. The molecule has 0 radical (unpaired) electrons. The zero-order valence-corrected chi connectivity index (χ0v) is 7.45. The van der Waals surface area contributed by atoms with E-state index < -0.39 is 0 Å². The Hall–Kier alpha value is -1.69. The number of hydrazone groups is 1. The minimum atomic E-state index is 0.0518. The lowest BCUT2D eigenvalue weighted by Gasteiger charge is -1.96. The summed E-state index contributed by atoms with van der Waals surface area (Å²) in [6.07, 6.45) is 4.26. The number of aromatic nitrogens is 1. The average Bonchev–Trinajstić information content (AvgIpc) is 2.08. The SMILES string of the molecule is NC(=S)NN=Cc1ccncc1O. The van der Waals surface area contributed by atoms with Gasteiger partial charge in [0, 0.05) is 11.8 Å². The quantitative estimate of drug-likeness (QED) is 0.351. The van der Waals surface area contributed by atoms with E-state index in [9.17, 15) is 5.11 Å². The fourth-order valence-corrected chi connectivity index (χ4v) is 0.724. The number of thiocarbonyl (C=S) groups is 1. The van der Waals surface area contributed by atoms with Crippen LogP contribution < -0.4 is 11.2 Å². The lowest BCUT2D eigenvalue weighted by Crippen LogP contribution is -2.23. The van der Waals surface area contributed by atoms with Gasteiger partial charge in [0.15, 0.2) is 5.11 Å². The molecule has 0 spiro atoms. The van der Waals surface area contributed by atoms with Gasteiger partial charge in [0.25, 0.3) is 0 Å². The number of hydrogen-bond acceptors (Lipinski definition) is 4. The zero-order chi connectivity index (χ0) is 9.68. The second-order valence-corrected chi connectivity index (χ2v) is 2.61. The Morgan fingerprint density at radius 1 is 1.77 bits per heavy atom. The minimum Gasteiger partial charge on any atom is -0.506 e. The van der Waals surface area contributed by atoms with Crippen LogP contribution in [0.4, 0.5) is 0 Å². The maximum absolute atomic E-state index is 9.23. The number of nitrogens with zero attached hydrogens (tertiary/aromatic N) is 2. The van der Waals surface area contributed by atoms with E-state index >= 15 is 0 Å². The second-order valence-electron chi connectivity index (χ2n) is 2.17. The number of nitrogens with two attached hydrogens (primary N) is 1. The van der Waals surface area contributed by atoms with Crippen molar-refractivity contribution in [1.29, 1.82) is 0 Å². The molecule has 0 aliphatic carbocycles. The van der Waals surface area contributed by atoms with Crippen molar-refractivity contribution >= 4 is 23.5 Å². The maximum Gasteiger partial charge on any atom is 0.184 e. The van der Waals surface area contributed by atoms with Gasteiger partial charge in [-0.1, -0.05) is 0 Å².